The molecule has 0 saturated heterocycles. The highest BCUT2D eigenvalue weighted by molar-refractivity contribution is 9.11. The molecule has 0 spiro atoms. The van der Waals surface area contributed by atoms with Crippen molar-refractivity contribution in [3.05, 3.63) is 21.8 Å². The molecule has 2 aromatic heterocycles. The van der Waals surface area contributed by atoms with Crippen molar-refractivity contribution in [1.82, 2.24) is 15.5 Å². The molecule has 2 heterocycles. The van der Waals surface area contributed by atoms with E-state index in [9.17, 15) is 0 Å². The molecular weight excluding hydrogens is 314 g/mol. The molecule has 2 aromatic rings. The summed E-state index contributed by atoms with van der Waals surface area (Å²) >= 11 is 5.02. The largest absolute Gasteiger partial charge is 0.420 e. The number of rotatable bonds is 7. The fourth-order valence-corrected chi connectivity index (χ4v) is 2.86. The molecule has 18 heavy (non-hydrogen) atoms. The van der Waals surface area contributed by atoms with Crippen LogP contribution in [0.25, 0.3) is 10.8 Å². The smallest absolute Gasteiger partial charge is 0.257 e. The second kappa shape index (κ2) is 7.01. The summed E-state index contributed by atoms with van der Waals surface area (Å²) in [6.07, 6.45) is 3.02. The molecule has 0 atom stereocenters. The Morgan fingerprint density at radius 1 is 1.33 bits per heavy atom. The van der Waals surface area contributed by atoms with E-state index in [-0.39, 0.29) is 0 Å². The Balaban J connectivity index is 1.83. The molecular formula is C12H16BrN3OS. The first-order valence-corrected chi connectivity index (χ1v) is 7.69. The van der Waals surface area contributed by atoms with E-state index in [1.54, 1.807) is 11.3 Å². The number of hydrogen-bond acceptors (Lipinski definition) is 5. The summed E-state index contributed by atoms with van der Waals surface area (Å²) in [5.74, 6) is 1.33. The lowest BCUT2D eigenvalue weighted by atomic mass is 10.3. The summed E-state index contributed by atoms with van der Waals surface area (Å²) < 4.78 is 6.70. The van der Waals surface area contributed by atoms with Crippen LogP contribution in [0.5, 0.6) is 0 Å². The summed E-state index contributed by atoms with van der Waals surface area (Å²) in [7, 11) is 0. The van der Waals surface area contributed by atoms with E-state index in [1.165, 1.54) is 0 Å². The van der Waals surface area contributed by atoms with Gasteiger partial charge in [-0.25, -0.2) is 0 Å². The highest BCUT2D eigenvalue weighted by Gasteiger charge is 2.10. The van der Waals surface area contributed by atoms with Gasteiger partial charge in [-0.1, -0.05) is 6.92 Å². The highest BCUT2D eigenvalue weighted by Crippen LogP contribution is 2.30. The van der Waals surface area contributed by atoms with E-state index in [1.807, 2.05) is 12.1 Å². The molecule has 0 aliphatic carbocycles. The van der Waals surface area contributed by atoms with Crippen molar-refractivity contribution in [1.29, 1.82) is 0 Å². The molecule has 6 heteroatoms. The van der Waals surface area contributed by atoms with Crippen LogP contribution in [-0.2, 0) is 6.42 Å². The molecule has 1 N–H and O–H groups in total. The lowest BCUT2D eigenvalue weighted by molar-refractivity contribution is 0.492. The zero-order valence-corrected chi connectivity index (χ0v) is 12.7. The fraction of sp³-hybridized carbons (Fsp3) is 0.500. The molecule has 0 bridgehead atoms. The molecule has 0 aliphatic rings. The van der Waals surface area contributed by atoms with Gasteiger partial charge in [-0.3, -0.25) is 0 Å². The monoisotopic (exact) mass is 329 g/mol. The molecule has 0 aliphatic heterocycles. The predicted octanol–water partition coefficient (Wildman–Crippen LogP) is 3.49. The van der Waals surface area contributed by atoms with Crippen LogP contribution < -0.4 is 5.32 Å². The lowest BCUT2D eigenvalue weighted by Gasteiger charge is -1.99. The molecule has 0 fully saturated rings. The van der Waals surface area contributed by atoms with Crippen molar-refractivity contribution >= 4 is 27.3 Å². The third-order valence-corrected chi connectivity index (χ3v) is 4.03. The molecule has 2 rings (SSSR count). The SMILES string of the molecule is CCCNCCCc1nnc(-c2ccc(Br)s2)o1. The van der Waals surface area contributed by atoms with Crippen LogP contribution in [0.15, 0.2) is 20.3 Å². The highest BCUT2D eigenvalue weighted by atomic mass is 79.9. The van der Waals surface area contributed by atoms with Gasteiger partial charge in [-0.05, 0) is 54.0 Å². The van der Waals surface area contributed by atoms with Crippen LogP contribution in [0, 0.1) is 0 Å². The van der Waals surface area contributed by atoms with Gasteiger partial charge in [-0.15, -0.1) is 21.5 Å². The molecule has 98 valence electrons. The molecule has 0 unspecified atom stereocenters. The van der Waals surface area contributed by atoms with Gasteiger partial charge in [0.25, 0.3) is 5.89 Å². The van der Waals surface area contributed by atoms with E-state index in [4.69, 9.17) is 4.42 Å². The van der Waals surface area contributed by atoms with Crippen molar-refractivity contribution in [2.45, 2.75) is 26.2 Å². The number of hydrogen-bond donors (Lipinski definition) is 1. The summed E-state index contributed by atoms with van der Waals surface area (Å²) in [4.78, 5) is 1.00. The van der Waals surface area contributed by atoms with Crippen LogP contribution in [0.3, 0.4) is 0 Å². The third kappa shape index (κ3) is 3.90. The van der Waals surface area contributed by atoms with Crippen molar-refractivity contribution in [2.24, 2.45) is 0 Å². The Morgan fingerprint density at radius 3 is 2.94 bits per heavy atom. The lowest BCUT2D eigenvalue weighted by Crippen LogP contribution is -2.16. The second-order valence-corrected chi connectivity index (χ2v) is 6.42. The Morgan fingerprint density at radius 2 is 2.22 bits per heavy atom. The zero-order valence-electron chi connectivity index (χ0n) is 10.3. The minimum Gasteiger partial charge on any atom is -0.420 e. The topological polar surface area (TPSA) is 51.0 Å². The predicted molar refractivity (Wildman–Crippen MR) is 76.8 cm³/mol. The quantitative estimate of drug-likeness (QED) is 0.790. The number of thiophene rings is 1. The van der Waals surface area contributed by atoms with Gasteiger partial charge in [0.05, 0.1) is 8.66 Å². The van der Waals surface area contributed by atoms with Gasteiger partial charge in [0.15, 0.2) is 0 Å². The summed E-state index contributed by atoms with van der Waals surface area (Å²) in [6, 6.07) is 3.97. The van der Waals surface area contributed by atoms with Crippen molar-refractivity contribution < 1.29 is 4.42 Å². The van der Waals surface area contributed by atoms with Gasteiger partial charge in [0, 0.05) is 6.42 Å². The van der Waals surface area contributed by atoms with Crippen molar-refractivity contribution in [2.75, 3.05) is 13.1 Å². The van der Waals surface area contributed by atoms with Crippen molar-refractivity contribution in [3.63, 3.8) is 0 Å². The maximum atomic E-state index is 5.63. The number of nitrogens with one attached hydrogen (secondary N) is 1. The van der Waals surface area contributed by atoms with Crippen LogP contribution >= 0.6 is 27.3 Å². The molecule has 0 radical (unpaired) electrons. The minimum absolute atomic E-state index is 0.613. The maximum Gasteiger partial charge on any atom is 0.257 e. The number of nitrogens with zero attached hydrogens (tertiary/aromatic N) is 2. The van der Waals surface area contributed by atoms with Gasteiger partial charge in [-0.2, -0.15) is 0 Å². The first-order valence-electron chi connectivity index (χ1n) is 6.08. The zero-order chi connectivity index (χ0) is 12.8. The first-order chi connectivity index (χ1) is 8.79. The van der Waals surface area contributed by atoms with Crippen LogP contribution in [0.1, 0.15) is 25.7 Å². The first kappa shape index (κ1) is 13.7. The van der Waals surface area contributed by atoms with Crippen molar-refractivity contribution in [3.8, 4) is 10.8 Å². The van der Waals surface area contributed by atoms with Gasteiger partial charge in [0.2, 0.25) is 5.89 Å². The van der Waals surface area contributed by atoms with Gasteiger partial charge in [0.1, 0.15) is 0 Å². The van der Waals surface area contributed by atoms with Crippen LogP contribution in [-0.4, -0.2) is 23.3 Å². The Kier molecular flexibility index (Phi) is 5.34. The summed E-state index contributed by atoms with van der Waals surface area (Å²) in [6.45, 7) is 4.23. The fourth-order valence-electron chi connectivity index (χ4n) is 1.55. The minimum atomic E-state index is 0.613. The van der Waals surface area contributed by atoms with E-state index in [0.717, 1.165) is 41.0 Å². The molecule has 4 nitrogen and oxygen atoms in total. The van der Waals surface area contributed by atoms with Gasteiger partial charge >= 0.3 is 0 Å². The Hall–Kier alpha value is -0.720. The Bertz CT molecular complexity index is 483. The van der Waals surface area contributed by atoms with Crippen LogP contribution in [0.2, 0.25) is 0 Å². The third-order valence-electron chi connectivity index (χ3n) is 2.42. The average Bonchev–Trinajstić information content (AvgIpc) is 2.97. The number of halogens is 1. The van der Waals surface area contributed by atoms with E-state index < -0.39 is 0 Å². The molecule has 0 amide bonds. The van der Waals surface area contributed by atoms with Crippen LogP contribution in [0.4, 0.5) is 0 Å². The van der Waals surface area contributed by atoms with E-state index in [2.05, 4.69) is 38.4 Å². The maximum absolute atomic E-state index is 5.63. The number of aryl methyl sites for hydroxylation is 1. The second-order valence-electron chi connectivity index (χ2n) is 3.96. The average molecular weight is 330 g/mol. The van der Waals surface area contributed by atoms with E-state index in [0.29, 0.717) is 11.8 Å². The molecule has 0 aromatic carbocycles. The van der Waals surface area contributed by atoms with Gasteiger partial charge < -0.3 is 9.73 Å². The molecule has 0 saturated carbocycles. The normalized spacial score (nSPS) is 11.0. The summed E-state index contributed by atoms with van der Waals surface area (Å²) in [5.41, 5.74) is 0. The Labute approximate surface area is 119 Å². The summed E-state index contributed by atoms with van der Waals surface area (Å²) in [5, 5.41) is 11.5. The number of aromatic nitrogens is 2. The van der Waals surface area contributed by atoms with E-state index >= 15 is 0 Å². The standard InChI is InChI=1S/C12H16BrN3OS/c1-2-7-14-8-3-4-11-15-16-12(17-11)9-5-6-10(13)18-9/h5-6,14H,2-4,7-8H2,1H3.